The summed E-state index contributed by atoms with van der Waals surface area (Å²) >= 11 is 0. The van der Waals surface area contributed by atoms with Gasteiger partial charge in [-0.05, 0) is 36.2 Å². The quantitative estimate of drug-likeness (QED) is 0.824. The van der Waals surface area contributed by atoms with E-state index in [1.54, 1.807) is 0 Å². The highest BCUT2D eigenvalue weighted by Crippen LogP contribution is 2.23. The number of anilines is 3. The Labute approximate surface area is 115 Å². The summed E-state index contributed by atoms with van der Waals surface area (Å²) in [5.41, 5.74) is 11.5. The average molecular weight is 255 g/mol. The Hall–Kier alpha value is -2.16. The summed E-state index contributed by atoms with van der Waals surface area (Å²) in [7, 11) is 4.11. The predicted molar refractivity (Wildman–Crippen MR) is 83.7 cm³/mol. The van der Waals surface area contributed by atoms with Gasteiger partial charge in [0.15, 0.2) is 0 Å². The molecule has 0 fully saturated rings. The van der Waals surface area contributed by atoms with Crippen LogP contribution < -0.4 is 16.0 Å². The number of aryl methyl sites for hydroxylation is 1. The SMILES string of the molecule is Cc1ccc(NCc2ccccc2N)cc1N(C)C. The van der Waals surface area contributed by atoms with Crippen molar-refractivity contribution in [3.8, 4) is 0 Å². The van der Waals surface area contributed by atoms with E-state index in [4.69, 9.17) is 5.73 Å². The normalized spacial score (nSPS) is 10.3. The van der Waals surface area contributed by atoms with Gasteiger partial charge in [-0.1, -0.05) is 24.3 Å². The van der Waals surface area contributed by atoms with E-state index < -0.39 is 0 Å². The first-order chi connectivity index (χ1) is 9.08. The van der Waals surface area contributed by atoms with E-state index in [9.17, 15) is 0 Å². The first-order valence-electron chi connectivity index (χ1n) is 6.43. The molecule has 0 radical (unpaired) electrons. The topological polar surface area (TPSA) is 41.3 Å². The minimum Gasteiger partial charge on any atom is -0.398 e. The second-order valence-corrected chi connectivity index (χ2v) is 4.95. The lowest BCUT2D eigenvalue weighted by atomic mass is 10.1. The number of benzene rings is 2. The molecule has 0 bridgehead atoms. The van der Waals surface area contributed by atoms with Crippen molar-refractivity contribution in [1.82, 2.24) is 0 Å². The molecule has 3 N–H and O–H groups in total. The van der Waals surface area contributed by atoms with Gasteiger partial charge in [-0.15, -0.1) is 0 Å². The molecule has 0 amide bonds. The Balaban J connectivity index is 2.12. The minimum absolute atomic E-state index is 0.739. The summed E-state index contributed by atoms with van der Waals surface area (Å²) in [5, 5.41) is 3.42. The molecule has 0 aromatic heterocycles. The van der Waals surface area contributed by atoms with E-state index in [2.05, 4.69) is 49.4 Å². The monoisotopic (exact) mass is 255 g/mol. The van der Waals surface area contributed by atoms with Crippen molar-refractivity contribution in [3.63, 3.8) is 0 Å². The van der Waals surface area contributed by atoms with Crippen molar-refractivity contribution in [1.29, 1.82) is 0 Å². The predicted octanol–water partition coefficient (Wildman–Crippen LogP) is 3.26. The number of nitrogen functional groups attached to an aromatic ring is 1. The first kappa shape index (κ1) is 13.3. The molecule has 0 aliphatic carbocycles. The van der Waals surface area contributed by atoms with Crippen LogP contribution in [0.2, 0.25) is 0 Å². The largest absolute Gasteiger partial charge is 0.398 e. The van der Waals surface area contributed by atoms with Crippen LogP contribution in [0.3, 0.4) is 0 Å². The van der Waals surface area contributed by atoms with E-state index in [0.717, 1.165) is 23.5 Å². The van der Waals surface area contributed by atoms with Crippen LogP contribution in [0.1, 0.15) is 11.1 Å². The van der Waals surface area contributed by atoms with Crippen molar-refractivity contribution in [3.05, 3.63) is 53.6 Å². The van der Waals surface area contributed by atoms with Crippen molar-refractivity contribution in [2.24, 2.45) is 0 Å². The minimum atomic E-state index is 0.739. The molecule has 0 saturated carbocycles. The summed E-state index contributed by atoms with van der Waals surface area (Å²) in [6.07, 6.45) is 0. The summed E-state index contributed by atoms with van der Waals surface area (Å²) in [5.74, 6) is 0. The third-order valence-electron chi connectivity index (χ3n) is 3.23. The van der Waals surface area contributed by atoms with E-state index in [1.807, 2.05) is 24.3 Å². The van der Waals surface area contributed by atoms with Crippen LogP contribution in [0.4, 0.5) is 17.1 Å². The molecule has 0 unspecified atom stereocenters. The van der Waals surface area contributed by atoms with Gasteiger partial charge in [0.2, 0.25) is 0 Å². The van der Waals surface area contributed by atoms with Crippen LogP contribution in [0, 0.1) is 6.92 Å². The molecular formula is C16H21N3. The molecule has 2 aromatic rings. The van der Waals surface area contributed by atoms with Crippen LogP contribution in [0.25, 0.3) is 0 Å². The van der Waals surface area contributed by atoms with Gasteiger partial charge in [0, 0.05) is 37.7 Å². The standard InChI is InChI=1S/C16H21N3/c1-12-8-9-14(10-16(12)19(2)3)18-11-13-6-4-5-7-15(13)17/h4-10,18H,11,17H2,1-3H3. The molecule has 19 heavy (non-hydrogen) atoms. The maximum atomic E-state index is 5.94. The summed E-state index contributed by atoms with van der Waals surface area (Å²) in [6, 6.07) is 14.3. The van der Waals surface area contributed by atoms with E-state index >= 15 is 0 Å². The number of hydrogen-bond acceptors (Lipinski definition) is 3. The molecule has 0 aliphatic heterocycles. The Morgan fingerprint density at radius 2 is 1.84 bits per heavy atom. The lowest BCUT2D eigenvalue weighted by molar-refractivity contribution is 1.10. The fourth-order valence-corrected chi connectivity index (χ4v) is 2.09. The second-order valence-electron chi connectivity index (χ2n) is 4.95. The van der Waals surface area contributed by atoms with Gasteiger partial charge in [0.1, 0.15) is 0 Å². The van der Waals surface area contributed by atoms with Gasteiger partial charge < -0.3 is 16.0 Å². The van der Waals surface area contributed by atoms with Gasteiger partial charge in [0.25, 0.3) is 0 Å². The van der Waals surface area contributed by atoms with Crippen LogP contribution >= 0.6 is 0 Å². The number of rotatable bonds is 4. The summed E-state index contributed by atoms with van der Waals surface area (Å²) < 4.78 is 0. The van der Waals surface area contributed by atoms with Gasteiger partial charge in [-0.25, -0.2) is 0 Å². The summed E-state index contributed by atoms with van der Waals surface area (Å²) in [6.45, 7) is 2.86. The highest BCUT2D eigenvalue weighted by atomic mass is 15.1. The van der Waals surface area contributed by atoms with Crippen LogP contribution in [0.5, 0.6) is 0 Å². The highest BCUT2D eigenvalue weighted by Gasteiger charge is 2.03. The van der Waals surface area contributed by atoms with Gasteiger partial charge in [0.05, 0.1) is 0 Å². The lowest BCUT2D eigenvalue weighted by Gasteiger charge is -2.17. The maximum absolute atomic E-state index is 5.94. The smallest absolute Gasteiger partial charge is 0.0421 e. The van der Waals surface area contributed by atoms with Gasteiger partial charge in [-0.3, -0.25) is 0 Å². The molecule has 0 atom stereocenters. The van der Waals surface area contributed by atoms with Crippen molar-refractivity contribution in [2.45, 2.75) is 13.5 Å². The molecule has 0 saturated heterocycles. The van der Waals surface area contributed by atoms with Crippen LogP contribution in [-0.2, 0) is 6.54 Å². The molecule has 100 valence electrons. The Kier molecular flexibility index (Phi) is 3.95. The molecule has 3 heteroatoms. The molecule has 3 nitrogen and oxygen atoms in total. The molecule has 0 heterocycles. The third kappa shape index (κ3) is 3.19. The number of hydrogen-bond donors (Lipinski definition) is 2. The Morgan fingerprint density at radius 3 is 2.53 bits per heavy atom. The van der Waals surface area contributed by atoms with Crippen molar-refractivity contribution < 1.29 is 0 Å². The zero-order valence-electron chi connectivity index (χ0n) is 11.8. The zero-order valence-corrected chi connectivity index (χ0v) is 11.8. The maximum Gasteiger partial charge on any atom is 0.0421 e. The molecule has 0 spiro atoms. The van der Waals surface area contributed by atoms with Crippen molar-refractivity contribution >= 4 is 17.1 Å². The zero-order chi connectivity index (χ0) is 13.8. The van der Waals surface area contributed by atoms with E-state index in [0.29, 0.717) is 0 Å². The second kappa shape index (κ2) is 5.65. The van der Waals surface area contributed by atoms with Crippen LogP contribution in [0.15, 0.2) is 42.5 Å². The Morgan fingerprint density at radius 1 is 1.11 bits per heavy atom. The fourth-order valence-electron chi connectivity index (χ4n) is 2.09. The van der Waals surface area contributed by atoms with Gasteiger partial charge >= 0.3 is 0 Å². The highest BCUT2D eigenvalue weighted by molar-refractivity contribution is 5.62. The number of nitrogens with one attached hydrogen (secondary N) is 1. The molecular weight excluding hydrogens is 234 g/mol. The lowest BCUT2D eigenvalue weighted by Crippen LogP contribution is -2.11. The van der Waals surface area contributed by atoms with E-state index in [1.165, 1.54) is 11.3 Å². The van der Waals surface area contributed by atoms with Crippen LogP contribution in [-0.4, -0.2) is 14.1 Å². The molecule has 0 aliphatic rings. The average Bonchev–Trinajstić information content (AvgIpc) is 2.39. The first-order valence-corrected chi connectivity index (χ1v) is 6.43. The molecule has 2 rings (SSSR count). The number of nitrogens with zero attached hydrogens (tertiary/aromatic N) is 1. The van der Waals surface area contributed by atoms with Gasteiger partial charge in [-0.2, -0.15) is 0 Å². The number of nitrogens with two attached hydrogens (primary N) is 1. The number of para-hydroxylation sites is 1. The third-order valence-corrected chi connectivity index (χ3v) is 3.23. The molecule has 2 aromatic carbocycles. The summed E-state index contributed by atoms with van der Waals surface area (Å²) in [4.78, 5) is 2.12. The fraction of sp³-hybridized carbons (Fsp3) is 0.250. The Bertz CT molecular complexity index is 562. The van der Waals surface area contributed by atoms with Crippen molar-refractivity contribution in [2.75, 3.05) is 30.0 Å². The van der Waals surface area contributed by atoms with E-state index in [-0.39, 0.29) is 0 Å².